The smallest absolute Gasteiger partial charge is 0.328 e. The lowest BCUT2D eigenvalue weighted by molar-refractivity contribution is -0.138. The minimum Gasteiger partial charge on any atom is -0.497 e. The molecule has 0 heterocycles. The quantitative estimate of drug-likeness (QED) is 0.463. The van der Waals surface area contributed by atoms with Gasteiger partial charge >= 0.3 is 11.8 Å². The predicted octanol–water partition coefficient (Wildman–Crippen LogP) is 0.877. The zero-order valence-electron chi connectivity index (χ0n) is 16.1. The average molecular weight is 403 g/mol. The van der Waals surface area contributed by atoms with E-state index in [0.717, 1.165) is 0 Å². The van der Waals surface area contributed by atoms with Crippen molar-refractivity contribution in [2.75, 3.05) is 33.3 Å². The number of anilines is 1. The Morgan fingerprint density at radius 1 is 0.759 bits per heavy atom. The van der Waals surface area contributed by atoms with Crippen LogP contribution in [-0.4, -0.2) is 45.7 Å². The first-order chi connectivity index (χ1) is 14.0. The molecule has 0 radical (unpaired) electrons. The van der Waals surface area contributed by atoms with Crippen molar-refractivity contribution in [3.8, 4) is 23.0 Å². The highest BCUT2D eigenvalue weighted by Gasteiger charge is 2.17. The lowest BCUT2D eigenvalue weighted by Gasteiger charge is -2.12. The summed E-state index contributed by atoms with van der Waals surface area (Å²) in [6, 6.07) is 11.3. The molecule has 2 aromatic rings. The van der Waals surface area contributed by atoms with Crippen molar-refractivity contribution in [1.82, 2.24) is 10.9 Å². The maximum absolute atomic E-state index is 12.0. The third-order valence-electron chi connectivity index (χ3n) is 3.61. The summed E-state index contributed by atoms with van der Waals surface area (Å²) in [6.07, 6.45) is 0. The summed E-state index contributed by atoms with van der Waals surface area (Å²) in [6.45, 7) is -0.361. The number of hydrazine groups is 1. The molecule has 2 rings (SSSR count). The predicted molar refractivity (Wildman–Crippen MR) is 103 cm³/mol. The van der Waals surface area contributed by atoms with Crippen LogP contribution in [0, 0.1) is 0 Å². The Labute approximate surface area is 167 Å². The topological polar surface area (TPSA) is 124 Å². The molecule has 0 fully saturated rings. The van der Waals surface area contributed by atoms with E-state index >= 15 is 0 Å². The number of benzene rings is 2. The second kappa shape index (κ2) is 10.4. The maximum atomic E-state index is 12.0. The number of ether oxygens (including phenoxy) is 4. The number of carbonyl (C=O) groups is 3. The molecule has 154 valence electrons. The normalized spacial score (nSPS) is 9.76. The van der Waals surface area contributed by atoms with Crippen molar-refractivity contribution in [3.05, 3.63) is 42.5 Å². The van der Waals surface area contributed by atoms with Gasteiger partial charge in [-0.2, -0.15) is 0 Å². The Morgan fingerprint density at radius 2 is 1.38 bits per heavy atom. The number of hydrogen-bond donors (Lipinski definition) is 3. The zero-order valence-corrected chi connectivity index (χ0v) is 16.1. The van der Waals surface area contributed by atoms with Crippen molar-refractivity contribution < 1.29 is 33.3 Å². The maximum Gasteiger partial charge on any atom is 0.328 e. The monoisotopic (exact) mass is 403 g/mol. The van der Waals surface area contributed by atoms with E-state index in [1.54, 1.807) is 36.4 Å². The van der Waals surface area contributed by atoms with Gasteiger partial charge in [0.1, 0.15) is 23.0 Å². The van der Waals surface area contributed by atoms with E-state index < -0.39 is 17.7 Å². The number of methoxy groups -OCH3 is 3. The van der Waals surface area contributed by atoms with Gasteiger partial charge in [-0.05, 0) is 36.4 Å². The molecule has 0 saturated heterocycles. The summed E-state index contributed by atoms with van der Waals surface area (Å²) in [4.78, 5) is 35.6. The summed E-state index contributed by atoms with van der Waals surface area (Å²) >= 11 is 0. The minimum atomic E-state index is -1.07. The van der Waals surface area contributed by atoms with Crippen LogP contribution in [0.4, 0.5) is 5.69 Å². The summed E-state index contributed by atoms with van der Waals surface area (Å²) in [5.74, 6) is -0.796. The van der Waals surface area contributed by atoms with E-state index in [4.69, 9.17) is 18.9 Å². The molecule has 0 bridgehead atoms. The van der Waals surface area contributed by atoms with E-state index in [1.165, 1.54) is 27.4 Å². The van der Waals surface area contributed by atoms with Crippen LogP contribution < -0.4 is 35.1 Å². The highest BCUT2D eigenvalue weighted by Crippen LogP contribution is 2.28. The van der Waals surface area contributed by atoms with E-state index in [1.807, 2.05) is 5.43 Å². The van der Waals surface area contributed by atoms with Gasteiger partial charge in [-0.3, -0.25) is 25.2 Å². The molecule has 0 unspecified atom stereocenters. The van der Waals surface area contributed by atoms with Crippen LogP contribution >= 0.6 is 0 Å². The first kappa shape index (κ1) is 21.4. The number of hydrogen-bond acceptors (Lipinski definition) is 7. The summed E-state index contributed by atoms with van der Waals surface area (Å²) < 4.78 is 20.5. The molecule has 3 N–H and O–H groups in total. The Hall–Kier alpha value is -3.95. The molecule has 0 spiro atoms. The second-order valence-corrected chi connectivity index (χ2v) is 5.49. The molecule has 0 saturated carbocycles. The van der Waals surface area contributed by atoms with Crippen molar-refractivity contribution in [3.63, 3.8) is 0 Å². The van der Waals surface area contributed by atoms with Gasteiger partial charge in [0.2, 0.25) is 0 Å². The third kappa shape index (κ3) is 6.31. The molecule has 2 aromatic carbocycles. The van der Waals surface area contributed by atoms with Crippen LogP contribution in [0.1, 0.15) is 0 Å². The molecule has 0 atom stereocenters. The number of rotatable bonds is 7. The Morgan fingerprint density at radius 3 is 2.00 bits per heavy atom. The van der Waals surface area contributed by atoms with Crippen LogP contribution in [0.25, 0.3) is 0 Å². The van der Waals surface area contributed by atoms with Crippen molar-refractivity contribution in [1.29, 1.82) is 0 Å². The lowest BCUT2D eigenvalue weighted by atomic mass is 10.2. The SMILES string of the molecule is COc1ccc(OCC(=O)NNC(=O)C(=O)Nc2ccc(OC)cc2OC)cc1. The molecule has 10 heteroatoms. The van der Waals surface area contributed by atoms with Crippen LogP contribution in [-0.2, 0) is 14.4 Å². The van der Waals surface area contributed by atoms with Crippen molar-refractivity contribution in [2.45, 2.75) is 0 Å². The largest absolute Gasteiger partial charge is 0.497 e. The molecule has 3 amide bonds. The van der Waals surface area contributed by atoms with Crippen LogP contribution in [0.2, 0.25) is 0 Å². The Kier molecular flexibility index (Phi) is 7.66. The van der Waals surface area contributed by atoms with E-state index in [-0.39, 0.29) is 12.3 Å². The summed E-state index contributed by atoms with van der Waals surface area (Å²) in [5.41, 5.74) is 4.36. The minimum absolute atomic E-state index is 0.266. The van der Waals surface area contributed by atoms with Gasteiger partial charge in [0.05, 0.1) is 27.0 Å². The molecular weight excluding hydrogens is 382 g/mol. The van der Waals surface area contributed by atoms with Gasteiger partial charge in [0.15, 0.2) is 6.61 Å². The Balaban J connectivity index is 1.80. The highest BCUT2D eigenvalue weighted by molar-refractivity contribution is 6.39. The molecule has 0 aliphatic heterocycles. The first-order valence-electron chi connectivity index (χ1n) is 8.36. The molecule has 10 nitrogen and oxygen atoms in total. The molecule has 29 heavy (non-hydrogen) atoms. The van der Waals surface area contributed by atoms with E-state index in [0.29, 0.717) is 23.0 Å². The summed E-state index contributed by atoms with van der Waals surface area (Å²) in [7, 11) is 4.43. The third-order valence-corrected chi connectivity index (χ3v) is 3.61. The van der Waals surface area contributed by atoms with Gasteiger partial charge in [-0.1, -0.05) is 0 Å². The number of amides is 3. The van der Waals surface area contributed by atoms with Crippen molar-refractivity contribution in [2.24, 2.45) is 0 Å². The van der Waals surface area contributed by atoms with E-state index in [2.05, 4.69) is 10.7 Å². The van der Waals surface area contributed by atoms with Crippen LogP contribution in [0.5, 0.6) is 23.0 Å². The zero-order chi connectivity index (χ0) is 21.2. The number of carbonyl (C=O) groups excluding carboxylic acids is 3. The Bertz CT molecular complexity index is 869. The van der Waals surface area contributed by atoms with Gasteiger partial charge in [-0.15, -0.1) is 0 Å². The fraction of sp³-hybridized carbons (Fsp3) is 0.211. The van der Waals surface area contributed by atoms with Gasteiger partial charge in [-0.25, -0.2) is 0 Å². The summed E-state index contributed by atoms with van der Waals surface area (Å²) in [5, 5.41) is 2.38. The van der Waals surface area contributed by atoms with Gasteiger partial charge in [0, 0.05) is 6.07 Å². The molecule has 0 aromatic heterocycles. The fourth-order valence-electron chi connectivity index (χ4n) is 2.12. The highest BCUT2D eigenvalue weighted by atomic mass is 16.5. The van der Waals surface area contributed by atoms with Crippen molar-refractivity contribution >= 4 is 23.4 Å². The lowest BCUT2D eigenvalue weighted by Crippen LogP contribution is -2.48. The van der Waals surface area contributed by atoms with Crippen LogP contribution in [0.15, 0.2) is 42.5 Å². The van der Waals surface area contributed by atoms with Gasteiger partial charge < -0.3 is 24.3 Å². The average Bonchev–Trinajstić information content (AvgIpc) is 2.76. The molecular formula is C19H21N3O7. The van der Waals surface area contributed by atoms with Gasteiger partial charge in [0.25, 0.3) is 5.91 Å². The fourth-order valence-corrected chi connectivity index (χ4v) is 2.12. The molecule has 0 aliphatic carbocycles. The molecule has 0 aliphatic rings. The number of nitrogens with one attached hydrogen (secondary N) is 3. The van der Waals surface area contributed by atoms with Crippen LogP contribution in [0.3, 0.4) is 0 Å². The first-order valence-corrected chi connectivity index (χ1v) is 8.36. The van der Waals surface area contributed by atoms with E-state index in [9.17, 15) is 14.4 Å². The second-order valence-electron chi connectivity index (χ2n) is 5.49. The standard InChI is InChI=1S/C19H21N3O7/c1-26-12-4-6-13(7-5-12)29-11-17(23)21-22-19(25)18(24)20-15-9-8-14(27-2)10-16(15)28-3/h4-10H,11H2,1-3H3,(H,20,24)(H,21,23)(H,22,25).